The topological polar surface area (TPSA) is 52.6 Å². The van der Waals surface area contributed by atoms with Crippen LogP contribution in [0.4, 0.5) is 4.39 Å². The summed E-state index contributed by atoms with van der Waals surface area (Å²) in [4.78, 5) is 13.4. The third-order valence-electron chi connectivity index (χ3n) is 2.66. The number of nitrogens with one attached hydrogen (secondary N) is 1. The van der Waals surface area contributed by atoms with Crippen molar-refractivity contribution in [1.82, 2.24) is 10.2 Å². The summed E-state index contributed by atoms with van der Waals surface area (Å²) in [7, 11) is 3.72. The van der Waals surface area contributed by atoms with Crippen LogP contribution < -0.4 is 5.32 Å². The summed E-state index contributed by atoms with van der Waals surface area (Å²) < 4.78 is 12.7. The number of amides is 1. The number of aryl methyl sites for hydroxylation is 1. The van der Waals surface area contributed by atoms with Gasteiger partial charge in [-0.3, -0.25) is 4.79 Å². The molecule has 4 nitrogen and oxygen atoms in total. The van der Waals surface area contributed by atoms with Gasteiger partial charge in [0.15, 0.2) is 0 Å². The summed E-state index contributed by atoms with van der Waals surface area (Å²) in [6.45, 7) is 0.763. The van der Waals surface area contributed by atoms with Crippen LogP contribution in [0.25, 0.3) is 0 Å². The van der Waals surface area contributed by atoms with E-state index in [9.17, 15) is 14.3 Å². The van der Waals surface area contributed by atoms with Gasteiger partial charge in [0.25, 0.3) is 0 Å². The molecule has 0 fully saturated rings. The molecule has 0 aliphatic heterocycles. The molecule has 1 unspecified atom stereocenters. The first-order valence-corrected chi connectivity index (χ1v) is 6.31. The number of benzene rings is 1. The first-order valence-electron chi connectivity index (χ1n) is 6.31. The highest BCUT2D eigenvalue weighted by Gasteiger charge is 2.08. The standard InChI is InChI=1S/C14H21FN2O2/c1-17(2)10-13(18)9-16-14(19)8-5-11-3-6-12(15)7-4-11/h3-4,6-7,13,18H,5,8-10H2,1-2H3,(H,16,19). The van der Waals surface area contributed by atoms with Crippen LogP contribution in [0, 0.1) is 5.82 Å². The Kier molecular flexibility index (Phi) is 6.45. The van der Waals surface area contributed by atoms with Gasteiger partial charge >= 0.3 is 0 Å². The molecule has 0 aromatic heterocycles. The van der Waals surface area contributed by atoms with Gasteiger partial charge in [-0.1, -0.05) is 12.1 Å². The number of rotatable bonds is 7. The van der Waals surface area contributed by atoms with Crippen molar-refractivity contribution in [2.75, 3.05) is 27.2 Å². The predicted molar refractivity (Wildman–Crippen MR) is 72.3 cm³/mol. The zero-order valence-electron chi connectivity index (χ0n) is 11.4. The Labute approximate surface area is 113 Å². The molecule has 0 spiro atoms. The van der Waals surface area contributed by atoms with E-state index in [1.54, 1.807) is 12.1 Å². The molecular formula is C14H21FN2O2. The highest BCUT2D eigenvalue weighted by atomic mass is 19.1. The summed E-state index contributed by atoms with van der Waals surface area (Å²) in [5.74, 6) is -0.387. The number of halogens is 1. The first-order chi connectivity index (χ1) is 8.97. The second kappa shape index (κ2) is 7.86. The molecule has 2 N–H and O–H groups in total. The number of carbonyl (C=O) groups excluding carboxylic acids is 1. The maximum atomic E-state index is 12.7. The van der Waals surface area contributed by atoms with Crippen LogP contribution in [-0.2, 0) is 11.2 Å². The van der Waals surface area contributed by atoms with Crippen LogP contribution in [0.2, 0.25) is 0 Å². The van der Waals surface area contributed by atoms with Crippen molar-refractivity contribution in [1.29, 1.82) is 0 Å². The van der Waals surface area contributed by atoms with Crippen molar-refractivity contribution in [2.45, 2.75) is 18.9 Å². The smallest absolute Gasteiger partial charge is 0.220 e. The van der Waals surface area contributed by atoms with Gasteiger partial charge in [0.2, 0.25) is 5.91 Å². The van der Waals surface area contributed by atoms with Crippen LogP contribution >= 0.6 is 0 Å². The molecule has 0 bridgehead atoms. The monoisotopic (exact) mass is 268 g/mol. The van der Waals surface area contributed by atoms with Gasteiger partial charge in [-0.25, -0.2) is 4.39 Å². The van der Waals surface area contributed by atoms with Crippen LogP contribution in [-0.4, -0.2) is 49.2 Å². The van der Waals surface area contributed by atoms with Crippen LogP contribution in [0.1, 0.15) is 12.0 Å². The van der Waals surface area contributed by atoms with Gasteiger partial charge in [-0.2, -0.15) is 0 Å². The molecule has 1 amide bonds. The van der Waals surface area contributed by atoms with Gasteiger partial charge in [0, 0.05) is 19.5 Å². The zero-order chi connectivity index (χ0) is 14.3. The number of nitrogens with zero attached hydrogens (tertiary/aromatic N) is 1. The minimum absolute atomic E-state index is 0.109. The second-order valence-electron chi connectivity index (χ2n) is 4.85. The predicted octanol–water partition coefficient (Wildman–Crippen LogP) is 0.797. The Morgan fingerprint density at radius 2 is 2.00 bits per heavy atom. The van der Waals surface area contributed by atoms with Gasteiger partial charge in [0.05, 0.1) is 6.10 Å². The summed E-state index contributed by atoms with van der Waals surface area (Å²) in [6, 6.07) is 6.11. The molecule has 0 saturated heterocycles. The van der Waals surface area contributed by atoms with Crippen molar-refractivity contribution in [2.24, 2.45) is 0 Å². The number of carbonyl (C=O) groups is 1. The second-order valence-corrected chi connectivity index (χ2v) is 4.85. The maximum Gasteiger partial charge on any atom is 0.220 e. The number of likely N-dealkylation sites (N-methyl/N-ethyl adjacent to an activating group) is 1. The SMILES string of the molecule is CN(C)CC(O)CNC(=O)CCc1ccc(F)cc1. The molecule has 0 aliphatic carbocycles. The lowest BCUT2D eigenvalue weighted by Crippen LogP contribution is -2.37. The first kappa shape index (κ1) is 15.6. The number of aliphatic hydroxyl groups is 1. The normalized spacial score (nSPS) is 12.5. The highest BCUT2D eigenvalue weighted by Crippen LogP contribution is 2.05. The molecule has 0 saturated carbocycles. The van der Waals surface area contributed by atoms with Crippen molar-refractivity contribution < 1.29 is 14.3 Å². The quantitative estimate of drug-likeness (QED) is 0.769. The minimum atomic E-state index is -0.565. The van der Waals surface area contributed by atoms with E-state index in [1.807, 2.05) is 19.0 Å². The highest BCUT2D eigenvalue weighted by molar-refractivity contribution is 5.76. The molecule has 1 aromatic rings. The van der Waals surface area contributed by atoms with Gasteiger partial charge in [0.1, 0.15) is 5.82 Å². The largest absolute Gasteiger partial charge is 0.390 e. The van der Waals surface area contributed by atoms with Gasteiger partial charge in [-0.05, 0) is 38.2 Å². The number of aliphatic hydroxyl groups excluding tert-OH is 1. The van der Waals surface area contributed by atoms with E-state index in [2.05, 4.69) is 5.32 Å². The third-order valence-corrected chi connectivity index (χ3v) is 2.66. The van der Waals surface area contributed by atoms with Crippen molar-refractivity contribution >= 4 is 5.91 Å². The van der Waals surface area contributed by atoms with Gasteiger partial charge in [-0.15, -0.1) is 0 Å². The van der Waals surface area contributed by atoms with Crippen LogP contribution in [0.3, 0.4) is 0 Å². The summed E-state index contributed by atoms with van der Waals surface area (Å²) in [5, 5.41) is 12.3. The lowest BCUT2D eigenvalue weighted by Gasteiger charge is -2.16. The Morgan fingerprint density at radius 1 is 1.37 bits per heavy atom. The van der Waals surface area contributed by atoms with Gasteiger partial charge < -0.3 is 15.3 Å². The zero-order valence-corrected chi connectivity index (χ0v) is 11.4. The van der Waals surface area contributed by atoms with E-state index in [-0.39, 0.29) is 18.3 Å². The van der Waals surface area contributed by atoms with E-state index in [4.69, 9.17) is 0 Å². The van der Waals surface area contributed by atoms with Crippen LogP contribution in [0.5, 0.6) is 0 Å². The van der Waals surface area contributed by atoms with E-state index < -0.39 is 6.10 Å². The average Bonchev–Trinajstić information content (AvgIpc) is 2.35. The average molecular weight is 268 g/mol. The molecule has 1 rings (SSSR count). The van der Waals surface area contributed by atoms with Crippen molar-refractivity contribution in [3.63, 3.8) is 0 Å². The van der Waals surface area contributed by atoms with E-state index in [1.165, 1.54) is 12.1 Å². The molecule has 106 valence electrons. The minimum Gasteiger partial charge on any atom is -0.390 e. The Hall–Kier alpha value is -1.46. The molecular weight excluding hydrogens is 247 g/mol. The van der Waals surface area contributed by atoms with Crippen molar-refractivity contribution in [3.8, 4) is 0 Å². The lowest BCUT2D eigenvalue weighted by molar-refractivity contribution is -0.121. The number of hydrogen-bond donors (Lipinski definition) is 2. The van der Waals surface area contributed by atoms with E-state index in [0.29, 0.717) is 19.4 Å². The maximum absolute atomic E-state index is 12.7. The lowest BCUT2D eigenvalue weighted by atomic mass is 10.1. The van der Waals surface area contributed by atoms with Crippen LogP contribution in [0.15, 0.2) is 24.3 Å². The van der Waals surface area contributed by atoms with E-state index >= 15 is 0 Å². The van der Waals surface area contributed by atoms with E-state index in [0.717, 1.165) is 5.56 Å². The fourth-order valence-electron chi connectivity index (χ4n) is 1.72. The Morgan fingerprint density at radius 3 is 2.58 bits per heavy atom. The number of hydrogen-bond acceptors (Lipinski definition) is 3. The fourth-order valence-corrected chi connectivity index (χ4v) is 1.72. The molecule has 19 heavy (non-hydrogen) atoms. The molecule has 0 aliphatic rings. The Balaban J connectivity index is 2.22. The Bertz CT molecular complexity index is 393. The van der Waals surface area contributed by atoms with Crippen molar-refractivity contribution in [3.05, 3.63) is 35.6 Å². The molecule has 0 radical (unpaired) electrons. The summed E-state index contributed by atoms with van der Waals surface area (Å²) in [5.41, 5.74) is 0.922. The molecule has 1 aromatic carbocycles. The molecule has 0 heterocycles. The molecule has 5 heteroatoms. The molecule has 1 atom stereocenters. The fraction of sp³-hybridized carbons (Fsp3) is 0.500. The summed E-state index contributed by atoms with van der Waals surface area (Å²) >= 11 is 0. The summed E-state index contributed by atoms with van der Waals surface area (Å²) in [6.07, 6.45) is 0.334. The third kappa shape index (κ3) is 6.88.